The van der Waals surface area contributed by atoms with Gasteiger partial charge in [0.1, 0.15) is 0 Å². The summed E-state index contributed by atoms with van der Waals surface area (Å²) in [6.45, 7) is 8.37. The molecule has 3 rings (SSSR count). The SMILES string of the molecule is CC1(C)CCC(NC2CCN(Cc3ccccc3)C2)C1. The first-order valence-corrected chi connectivity index (χ1v) is 8.13. The van der Waals surface area contributed by atoms with Crippen molar-refractivity contribution in [3.63, 3.8) is 0 Å². The Morgan fingerprint density at radius 1 is 1.15 bits per heavy atom. The van der Waals surface area contributed by atoms with E-state index < -0.39 is 0 Å². The summed E-state index contributed by atoms with van der Waals surface area (Å²) in [4.78, 5) is 2.59. The number of hydrogen-bond acceptors (Lipinski definition) is 2. The van der Waals surface area contributed by atoms with Crippen LogP contribution in [-0.2, 0) is 6.54 Å². The van der Waals surface area contributed by atoms with Crippen LogP contribution in [0.15, 0.2) is 30.3 Å². The highest BCUT2D eigenvalue weighted by molar-refractivity contribution is 5.14. The van der Waals surface area contributed by atoms with E-state index in [9.17, 15) is 0 Å². The Kier molecular flexibility index (Phi) is 4.13. The largest absolute Gasteiger partial charge is 0.310 e. The molecule has 0 radical (unpaired) electrons. The molecule has 0 spiro atoms. The van der Waals surface area contributed by atoms with Gasteiger partial charge >= 0.3 is 0 Å². The quantitative estimate of drug-likeness (QED) is 0.903. The Morgan fingerprint density at radius 3 is 2.65 bits per heavy atom. The van der Waals surface area contributed by atoms with Gasteiger partial charge in [-0.2, -0.15) is 0 Å². The molecule has 1 saturated carbocycles. The number of hydrogen-bond donors (Lipinski definition) is 1. The van der Waals surface area contributed by atoms with E-state index in [0.29, 0.717) is 11.5 Å². The summed E-state index contributed by atoms with van der Waals surface area (Å²) < 4.78 is 0. The highest BCUT2D eigenvalue weighted by atomic mass is 15.2. The van der Waals surface area contributed by atoms with Gasteiger partial charge in [0.2, 0.25) is 0 Å². The van der Waals surface area contributed by atoms with Crippen molar-refractivity contribution in [2.75, 3.05) is 13.1 Å². The molecule has 1 N–H and O–H groups in total. The molecular weight excluding hydrogens is 244 g/mol. The lowest BCUT2D eigenvalue weighted by molar-refractivity contribution is 0.309. The minimum atomic E-state index is 0.556. The van der Waals surface area contributed by atoms with Crippen molar-refractivity contribution in [2.45, 2.75) is 58.2 Å². The highest BCUT2D eigenvalue weighted by Crippen LogP contribution is 2.37. The van der Waals surface area contributed by atoms with E-state index in [1.165, 1.54) is 44.3 Å². The van der Waals surface area contributed by atoms with Gasteiger partial charge in [0.05, 0.1) is 0 Å². The third-order valence-corrected chi connectivity index (χ3v) is 4.96. The molecule has 1 aromatic rings. The number of rotatable bonds is 4. The van der Waals surface area contributed by atoms with Gasteiger partial charge in [-0.15, -0.1) is 0 Å². The monoisotopic (exact) mass is 272 g/mol. The third-order valence-electron chi connectivity index (χ3n) is 4.96. The van der Waals surface area contributed by atoms with Crippen LogP contribution < -0.4 is 5.32 Å². The zero-order chi connectivity index (χ0) is 14.0. The average molecular weight is 272 g/mol. The molecule has 2 heteroatoms. The van der Waals surface area contributed by atoms with Gasteiger partial charge in [0.25, 0.3) is 0 Å². The molecule has 2 unspecified atom stereocenters. The molecule has 2 fully saturated rings. The Hall–Kier alpha value is -0.860. The van der Waals surface area contributed by atoms with Gasteiger partial charge in [-0.05, 0) is 36.7 Å². The Balaban J connectivity index is 1.46. The van der Waals surface area contributed by atoms with Gasteiger partial charge in [-0.3, -0.25) is 4.90 Å². The van der Waals surface area contributed by atoms with Crippen molar-refractivity contribution < 1.29 is 0 Å². The van der Waals surface area contributed by atoms with Crippen LogP contribution in [0.3, 0.4) is 0 Å². The Labute approximate surface area is 123 Å². The maximum absolute atomic E-state index is 3.91. The molecule has 2 aliphatic rings. The first kappa shape index (κ1) is 14.1. The summed E-state index contributed by atoms with van der Waals surface area (Å²) in [6, 6.07) is 12.3. The van der Waals surface area contributed by atoms with Crippen LogP contribution in [0.1, 0.15) is 45.1 Å². The molecule has 1 aliphatic carbocycles. The fourth-order valence-corrected chi connectivity index (χ4v) is 3.87. The second-order valence-electron chi connectivity index (χ2n) is 7.48. The second kappa shape index (κ2) is 5.87. The van der Waals surface area contributed by atoms with E-state index in [1.807, 2.05) is 0 Å². The first-order chi connectivity index (χ1) is 9.61. The van der Waals surface area contributed by atoms with Crippen molar-refractivity contribution in [3.8, 4) is 0 Å². The fraction of sp³-hybridized carbons (Fsp3) is 0.667. The number of nitrogens with zero attached hydrogens (tertiary/aromatic N) is 1. The van der Waals surface area contributed by atoms with Crippen molar-refractivity contribution in [1.82, 2.24) is 10.2 Å². The predicted molar refractivity (Wildman–Crippen MR) is 84.7 cm³/mol. The van der Waals surface area contributed by atoms with E-state index in [1.54, 1.807) is 0 Å². The van der Waals surface area contributed by atoms with Crippen LogP contribution in [0.4, 0.5) is 0 Å². The van der Waals surface area contributed by atoms with E-state index in [2.05, 4.69) is 54.4 Å². The van der Waals surface area contributed by atoms with E-state index in [4.69, 9.17) is 0 Å². The molecule has 2 atom stereocenters. The van der Waals surface area contributed by atoms with Crippen LogP contribution in [0.25, 0.3) is 0 Å². The number of nitrogens with one attached hydrogen (secondary N) is 1. The number of benzene rings is 1. The molecule has 1 heterocycles. The molecule has 110 valence electrons. The molecule has 0 aromatic heterocycles. The number of likely N-dealkylation sites (tertiary alicyclic amines) is 1. The summed E-state index contributed by atoms with van der Waals surface area (Å²) in [7, 11) is 0. The topological polar surface area (TPSA) is 15.3 Å². The lowest BCUT2D eigenvalue weighted by Crippen LogP contribution is -2.39. The van der Waals surface area contributed by atoms with Gasteiger partial charge in [0.15, 0.2) is 0 Å². The van der Waals surface area contributed by atoms with Crippen molar-refractivity contribution in [2.24, 2.45) is 5.41 Å². The maximum atomic E-state index is 3.91. The van der Waals surface area contributed by atoms with Crippen molar-refractivity contribution >= 4 is 0 Å². The molecule has 1 saturated heterocycles. The zero-order valence-electron chi connectivity index (χ0n) is 12.9. The summed E-state index contributed by atoms with van der Waals surface area (Å²) in [5.41, 5.74) is 2.00. The van der Waals surface area contributed by atoms with Gasteiger partial charge in [0, 0.05) is 31.7 Å². The smallest absolute Gasteiger partial charge is 0.0234 e. The lowest BCUT2D eigenvalue weighted by atomic mass is 9.92. The minimum Gasteiger partial charge on any atom is -0.310 e. The zero-order valence-corrected chi connectivity index (χ0v) is 12.9. The van der Waals surface area contributed by atoms with E-state index in [-0.39, 0.29) is 0 Å². The highest BCUT2D eigenvalue weighted by Gasteiger charge is 2.33. The standard InChI is InChI=1S/C18H28N2/c1-18(2)10-8-16(12-18)19-17-9-11-20(14-17)13-15-6-4-3-5-7-15/h3-7,16-17,19H,8-14H2,1-2H3. The van der Waals surface area contributed by atoms with Crippen LogP contribution in [0.5, 0.6) is 0 Å². The van der Waals surface area contributed by atoms with Crippen LogP contribution in [-0.4, -0.2) is 30.1 Å². The normalized spacial score (nSPS) is 29.9. The Morgan fingerprint density at radius 2 is 1.95 bits per heavy atom. The lowest BCUT2D eigenvalue weighted by Gasteiger charge is -2.22. The molecule has 0 bridgehead atoms. The third kappa shape index (κ3) is 3.62. The summed E-state index contributed by atoms with van der Waals surface area (Å²) in [5.74, 6) is 0. The molecule has 20 heavy (non-hydrogen) atoms. The van der Waals surface area contributed by atoms with Gasteiger partial charge < -0.3 is 5.32 Å². The summed E-state index contributed by atoms with van der Waals surface area (Å²) in [5, 5.41) is 3.91. The molecular formula is C18H28N2. The minimum absolute atomic E-state index is 0.556. The maximum Gasteiger partial charge on any atom is 0.0234 e. The predicted octanol–water partition coefficient (Wildman–Crippen LogP) is 3.43. The molecule has 0 amide bonds. The molecule has 1 aliphatic heterocycles. The summed E-state index contributed by atoms with van der Waals surface area (Å²) >= 11 is 0. The van der Waals surface area contributed by atoms with Crippen LogP contribution in [0, 0.1) is 5.41 Å². The van der Waals surface area contributed by atoms with Crippen LogP contribution in [0.2, 0.25) is 0 Å². The van der Waals surface area contributed by atoms with Crippen LogP contribution >= 0.6 is 0 Å². The average Bonchev–Trinajstić information content (AvgIpc) is 2.98. The van der Waals surface area contributed by atoms with Gasteiger partial charge in [-0.25, -0.2) is 0 Å². The second-order valence-corrected chi connectivity index (χ2v) is 7.48. The van der Waals surface area contributed by atoms with Crippen molar-refractivity contribution in [1.29, 1.82) is 0 Å². The fourth-order valence-electron chi connectivity index (χ4n) is 3.87. The van der Waals surface area contributed by atoms with E-state index in [0.717, 1.165) is 12.6 Å². The molecule has 1 aromatic carbocycles. The summed E-state index contributed by atoms with van der Waals surface area (Å²) in [6.07, 6.45) is 5.40. The van der Waals surface area contributed by atoms with E-state index >= 15 is 0 Å². The van der Waals surface area contributed by atoms with Crippen molar-refractivity contribution in [3.05, 3.63) is 35.9 Å². The first-order valence-electron chi connectivity index (χ1n) is 8.13. The van der Waals surface area contributed by atoms with Gasteiger partial charge in [-0.1, -0.05) is 44.2 Å². The molecule has 2 nitrogen and oxygen atoms in total. The Bertz CT molecular complexity index is 426.